The van der Waals surface area contributed by atoms with Crippen molar-refractivity contribution >= 4 is 20.0 Å². The van der Waals surface area contributed by atoms with Crippen LogP contribution in [0.3, 0.4) is 0 Å². The quantitative estimate of drug-likeness (QED) is 0.695. The van der Waals surface area contributed by atoms with Crippen LogP contribution in [-0.2, 0) is 20.0 Å². The predicted molar refractivity (Wildman–Crippen MR) is 79.4 cm³/mol. The monoisotopic (exact) mass is 306 g/mol. The van der Waals surface area contributed by atoms with E-state index in [0.717, 1.165) is 0 Å². The molecule has 0 unspecified atom stereocenters. The summed E-state index contributed by atoms with van der Waals surface area (Å²) < 4.78 is 48.4. The smallest absolute Gasteiger partial charge is 0.269 e. The molecule has 0 aliphatic heterocycles. The minimum Gasteiger partial charge on any atom is -0.285 e. The van der Waals surface area contributed by atoms with Crippen LogP contribution in [0.4, 0.5) is 0 Å². The fourth-order valence-corrected chi connectivity index (χ4v) is 0. The minimum absolute atomic E-state index is 0. The zero-order valence-electron chi connectivity index (χ0n) is 10.9. The fraction of sp³-hybridized carbons (Fsp3) is 1.00. The van der Waals surface area contributed by atoms with Gasteiger partial charge in [0.05, 0.1) is 9.49 Å². The average Bonchev–Trinajstić information content (AvgIpc) is 1.77. The van der Waals surface area contributed by atoms with Crippen molar-refractivity contribution in [1.29, 1.82) is 0 Å². The highest BCUT2D eigenvalue weighted by atomic mass is 32.2. The van der Waals surface area contributed by atoms with Gasteiger partial charge in [-0.2, -0.15) is 8.42 Å². The van der Waals surface area contributed by atoms with E-state index in [0.29, 0.717) is 0 Å². The van der Waals surface area contributed by atoms with Crippen LogP contribution in [0.2, 0.25) is 0 Å². The minimum atomic E-state index is -3.84. The molecule has 0 spiro atoms. The third-order valence-corrected chi connectivity index (χ3v) is 5.66. The molecule has 0 bridgehead atoms. The number of rotatable bonds is 0. The molecular weight excluding hydrogens is 276 g/mol. The van der Waals surface area contributed by atoms with Gasteiger partial charge in [0.25, 0.3) is 10.1 Å². The van der Waals surface area contributed by atoms with Crippen LogP contribution in [-0.4, -0.2) is 37.1 Å². The van der Waals surface area contributed by atoms with Crippen molar-refractivity contribution in [3.8, 4) is 0 Å². The van der Waals surface area contributed by atoms with Gasteiger partial charge in [-0.05, 0) is 41.5 Å². The summed E-state index contributed by atoms with van der Waals surface area (Å²) in [5.41, 5.74) is 0. The van der Waals surface area contributed by atoms with Gasteiger partial charge in [-0.3, -0.25) is 4.55 Å². The molecule has 0 saturated heterocycles. The van der Waals surface area contributed by atoms with Crippen LogP contribution in [0.5, 0.6) is 0 Å². The van der Waals surface area contributed by atoms with Crippen molar-refractivity contribution in [2.75, 3.05) is 6.26 Å². The van der Waals surface area contributed by atoms with E-state index in [4.69, 9.17) is 4.55 Å². The molecule has 0 atom stereocenters. The summed E-state index contributed by atoms with van der Waals surface area (Å²) in [7, 11) is -6.68. The summed E-state index contributed by atoms with van der Waals surface area (Å²) in [6, 6.07) is 0. The van der Waals surface area contributed by atoms with Crippen molar-refractivity contribution in [3.63, 3.8) is 0 Å². The SMILES string of the molecule is C.C.CC(C)(C)S(=O)(=O)O.CC(C)(C)S(C)(=O)=O. The average molecular weight is 306 g/mol. The van der Waals surface area contributed by atoms with Crippen molar-refractivity contribution < 1.29 is 21.4 Å². The standard InChI is InChI=1S/C5H12O2S.C4H10O3S.2CH4/c1-5(2,3)8(4,6)7;1-4(2,3)8(5,6)7;;/h1-4H3;1-3H3,(H,5,6,7);2*1H4. The lowest BCUT2D eigenvalue weighted by molar-refractivity contribution is 0.450. The summed E-state index contributed by atoms with van der Waals surface area (Å²) in [4.78, 5) is 0. The number of hydrogen-bond donors (Lipinski definition) is 1. The van der Waals surface area contributed by atoms with E-state index < -0.39 is 29.4 Å². The Morgan fingerprint density at radius 3 is 0.833 bits per heavy atom. The molecule has 18 heavy (non-hydrogen) atoms. The van der Waals surface area contributed by atoms with Crippen molar-refractivity contribution in [2.24, 2.45) is 0 Å². The molecule has 0 aliphatic rings. The first-order valence-electron chi connectivity index (χ1n) is 4.67. The second-order valence-corrected chi connectivity index (χ2v) is 10.4. The maximum atomic E-state index is 10.7. The summed E-state index contributed by atoms with van der Waals surface area (Å²) in [5.74, 6) is 0. The Labute approximate surface area is 114 Å². The highest BCUT2D eigenvalue weighted by Gasteiger charge is 2.25. The summed E-state index contributed by atoms with van der Waals surface area (Å²) >= 11 is 0. The topological polar surface area (TPSA) is 88.5 Å². The Morgan fingerprint density at radius 2 is 0.833 bits per heavy atom. The second-order valence-electron chi connectivity index (χ2n) is 5.47. The Balaban J connectivity index is -0.0000000980. The Hall–Kier alpha value is -0.140. The molecule has 0 amide bonds. The van der Waals surface area contributed by atoms with Crippen LogP contribution in [0.1, 0.15) is 56.4 Å². The van der Waals surface area contributed by atoms with E-state index in [2.05, 4.69) is 0 Å². The van der Waals surface area contributed by atoms with Crippen LogP contribution >= 0.6 is 0 Å². The molecule has 0 aromatic rings. The Kier molecular flexibility index (Phi) is 10.9. The van der Waals surface area contributed by atoms with Crippen molar-refractivity contribution in [3.05, 3.63) is 0 Å². The van der Waals surface area contributed by atoms with Crippen molar-refractivity contribution in [2.45, 2.75) is 65.9 Å². The van der Waals surface area contributed by atoms with E-state index in [1.165, 1.54) is 27.0 Å². The van der Waals surface area contributed by atoms with E-state index in [-0.39, 0.29) is 14.9 Å². The van der Waals surface area contributed by atoms with Crippen molar-refractivity contribution in [1.82, 2.24) is 0 Å². The Morgan fingerprint density at radius 1 is 0.722 bits per heavy atom. The maximum absolute atomic E-state index is 10.7. The number of hydrogen-bond acceptors (Lipinski definition) is 4. The lowest BCUT2D eigenvalue weighted by Gasteiger charge is -2.14. The third-order valence-electron chi connectivity index (χ3n) is 1.89. The summed E-state index contributed by atoms with van der Waals surface area (Å²) in [5, 5.41) is 0. The third kappa shape index (κ3) is 11.0. The largest absolute Gasteiger partial charge is 0.285 e. The molecule has 0 saturated carbocycles. The molecular formula is C11H30O5S2. The molecule has 0 radical (unpaired) electrons. The van der Waals surface area contributed by atoms with E-state index >= 15 is 0 Å². The molecule has 7 heteroatoms. The van der Waals surface area contributed by atoms with Gasteiger partial charge in [0.1, 0.15) is 0 Å². The van der Waals surface area contributed by atoms with Gasteiger partial charge in [-0.15, -0.1) is 0 Å². The second kappa shape index (κ2) is 7.45. The summed E-state index contributed by atoms with van der Waals surface area (Å²) in [6.07, 6.45) is 1.24. The maximum Gasteiger partial charge on any atom is 0.269 e. The van der Waals surface area contributed by atoms with E-state index in [1.807, 2.05) is 0 Å². The van der Waals surface area contributed by atoms with Crippen LogP contribution in [0.15, 0.2) is 0 Å². The van der Waals surface area contributed by atoms with Gasteiger partial charge in [0.15, 0.2) is 9.84 Å². The number of sulfone groups is 1. The highest BCUT2D eigenvalue weighted by Crippen LogP contribution is 2.12. The molecule has 0 aromatic heterocycles. The highest BCUT2D eigenvalue weighted by molar-refractivity contribution is 7.92. The zero-order valence-corrected chi connectivity index (χ0v) is 12.5. The summed E-state index contributed by atoms with van der Waals surface area (Å²) in [6.45, 7) is 9.35. The lowest BCUT2D eigenvalue weighted by Crippen LogP contribution is -2.26. The fourth-order valence-electron chi connectivity index (χ4n) is 0. The molecule has 0 heterocycles. The van der Waals surface area contributed by atoms with Crippen LogP contribution in [0.25, 0.3) is 0 Å². The van der Waals surface area contributed by atoms with Gasteiger partial charge < -0.3 is 0 Å². The molecule has 5 nitrogen and oxygen atoms in total. The van der Waals surface area contributed by atoms with E-state index in [1.54, 1.807) is 20.8 Å². The van der Waals surface area contributed by atoms with Crippen LogP contribution < -0.4 is 0 Å². The molecule has 0 fully saturated rings. The first-order valence-corrected chi connectivity index (χ1v) is 8.00. The van der Waals surface area contributed by atoms with Gasteiger partial charge >= 0.3 is 0 Å². The molecule has 0 aliphatic carbocycles. The Bertz CT molecular complexity index is 363. The van der Waals surface area contributed by atoms with Gasteiger partial charge in [-0.25, -0.2) is 8.42 Å². The van der Waals surface area contributed by atoms with Gasteiger partial charge in [-0.1, -0.05) is 14.9 Å². The molecule has 0 rings (SSSR count). The molecule has 0 aromatic carbocycles. The van der Waals surface area contributed by atoms with Crippen LogP contribution in [0, 0.1) is 0 Å². The first-order chi connectivity index (χ1) is 6.50. The normalized spacial score (nSPS) is 12.4. The molecule has 116 valence electrons. The first kappa shape index (κ1) is 26.4. The predicted octanol–water partition coefficient (Wildman–Crippen LogP) is 2.77. The lowest BCUT2D eigenvalue weighted by atomic mass is 10.3. The van der Waals surface area contributed by atoms with Gasteiger partial charge in [0, 0.05) is 6.26 Å². The molecule has 1 N–H and O–H groups in total. The van der Waals surface area contributed by atoms with E-state index in [9.17, 15) is 16.8 Å². The zero-order chi connectivity index (χ0) is 14.0. The van der Waals surface area contributed by atoms with Gasteiger partial charge in [0.2, 0.25) is 0 Å².